The molecule has 1 N–H and O–H groups in total. The highest BCUT2D eigenvalue weighted by molar-refractivity contribution is 5.88. The van der Waals surface area contributed by atoms with E-state index in [9.17, 15) is 9.18 Å². The van der Waals surface area contributed by atoms with Crippen molar-refractivity contribution >= 4 is 5.91 Å². The van der Waals surface area contributed by atoms with Crippen molar-refractivity contribution in [3.05, 3.63) is 35.5 Å². The Morgan fingerprint density at radius 1 is 1.45 bits per heavy atom. The number of benzene rings is 1. The molecule has 0 bridgehead atoms. The Kier molecular flexibility index (Phi) is 2.81. The van der Waals surface area contributed by atoms with Crippen LogP contribution >= 0.6 is 0 Å². The molecule has 0 saturated carbocycles. The summed E-state index contributed by atoms with van der Waals surface area (Å²) in [7, 11) is 0. The smallest absolute Gasteiger partial charge is 0.242 e. The molecule has 2 aromatic rings. The van der Waals surface area contributed by atoms with Crippen LogP contribution in [0.15, 0.2) is 22.7 Å². The molecule has 1 unspecified atom stereocenters. The number of aromatic nitrogens is 2. The minimum absolute atomic E-state index is 0.142. The van der Waals surface area contributed by atoms with Gasteiger partial charge < -0.3 is 9.84 Å². The Hall–Kier alpha value is -2.24. The summed E-state index contributed by atoms with van der Waals surface area (Å²) in [6, 6.07) is 4.80. The number of aryl methyl sites for hydroxylation is 1. The van der Waals surface area contributed by atoms with Crippen LogP contribution in [0.3, 0.4) is 0 Å². The minimum atomic E-state index is -0.827. The van der Waals surface area contributed by atoms with Gasteiger partial charge in [-0.1, -0.05) is 11.2 Å². The van der Waals surface area contributed by atoms with Crippen LogP contribution in [0.25, 0.3) is 11.4 Å². The van der Waals surface area contributed by atoms with Crippen LogP contribution in [-0.4, -0.2) is 22.6 Å². The van der Waals surface area contributed by atoms with Gasteiger partial charge in [-0.15, -0.1) is 0 Å². The van der Waals surface area contributed by atoms with Gasteiger partial charge in [0.25, 0.3) is 0 Å². The second-order valence-corrected chi connectivity index (χ2v) is 5.24. The Morgan fingerprint density at radius 3 is 2.90 bits per heavy atom. The molecular weight excluding hydrogens is 261 g/mol. The second-order valence-electron chi connectivity index (χ2n) is 5.24. The first kappa shape index (κ1) is 12.8. The Labute approximate surface area is 115 Å². The number of carbonyl (C=O) groups excluding carboxylic acids is 1. The van der Waals surface area contributed by atoms with Crippen molar-refractivity contribution in [2.75, 3.05) is 6.54 Å². The van der Waals surface area contributed by atoms with Crippen molar-refractivity contribution in [1.82, 2.24) is 15.5 Å². The standard InChI is InChI=1S/C14H14FN3O2/c1-8-3-4-9(10(15)7-8)11-17-13(20-18-11)14(2)5-6-16-12(14)19/h3-4,7H,5-6H2,1-2H3,(H,16,19). The molecule has 0 radical (unpaired) electrons. The molecule has 104 valence electrons. The van der Waals surface area contributed by atoms with Crippen LogP contribution in [0.5, 0.6) is 0 Å². The zero-order valence-corrected chi connectivity index (χ0v) is 11.2. The summed E-state index contributed by atoms with van der Waals surface area (Å²) in [5, 5.41) is 6.53. The predicted molar refractivity (Wildman–Crippen MR) is 69.4 cm³/mol. The van der Waals surface area contributed by atoms with Crippen molar-refractivity contribution in [2.24, 2.45) is 0 Å². The molecule has 0 spiro atoms. The lowest BCUT2D eigenvalue weighted by atomic mass is 9.89. The summed E-state index contributed by atoms with van der Waals surface area (Å²) in [5.74, 6) is -0.156. The van der Waals surface area contributed by atoms with Crippen molar-refractivity contribution in [1.29, 1.82) is 0 Å². The van der Waals surface area contributed by atoms with Crippen molar-refractivity contribution in [3.8, 4) is 11.4 Å². The first-order valence-corrected chi connectivity index (χ1v) is 6.40. The zero-order chi connectivity index (χ0) is 14.3. The number of nitrogens with one attached hydrogen (secondary N) is 1. The van der Waals surface area contributed by atoms with Gasteiger partial charge in [-0.05, 0) is 38.0 Å². The lowest BCUT2D eigenvalue weighted by molar-refractivity contribution is -0.124. The first-order chi connectivity index (χ1) is 9.50. The number of carbonyl (C=O) groups is 1. The van der Waals surface area contributed by atoms with E-state index in [1.54, 1.807) is 26.0 Å². The van der Waals surface area contributed by atoms with Gasteiger partial charge in [-0.3, -0.25) is 4.79 Å². The largest absolute Gasteiger partial charge is 0.355 e. The summed E-state index contributed by atoms with van der Waals surface area (Å²) < 4.78 is 19.1. The SMILES string of the molecule is Cc1ccc(-c2noc(C3(C)CCNC3=O)n2)c(F)c1. The van der Waals surface area contributed by atoms with E-state index >= 15 is 0 Å². The fourth-order valence-corrected chi connectivity index (χ4v) is 2.30. The van der Waals surface area contributed by atoms with Gasteiger partial charge in [0.2, 0.25) is 17.6 Å². The molecule has 1 aliphatic heterocycles. The Bertz CT molecular complexity index is 683. The van der Waals surface area contributed by atoms with Gasteiger partial charge in [-0.25, -0.2) is 4.39 Å². The third kappa shape index (κ3) is 1.88. The van der Waals surface area contributed by atoms with E-state index in [1.807, 2.05) is 0 Å². The first-order valence-electron chi connectivity index (χ1n) is 6.40. The van der Waals surface area contributed by atoms with Crippen LogP contribution < -0.4 is 5.32 Å². The second kappa shape index (κ2) is 4.40. The van der Waals surface area contributed by atoms with Crippen molar-refractivity contribution < 1.29 is 13.7 Å². The van der Waals surface area contributed by atoms with Gasteiger partial charge in [-0.2, -0.15) is 4.98 Å². The van der Waals surface area contributed by atoms with Crippen LogP contribution in [0.1, 0.15) is 24.8 Å². The summed E-state index contributed by atoms with van der Waals surface area (Å²) in [5.41, 5.74) is 0.261. The minimum Gasteiger partial charge on any atom is -0.355 e. The molecule has 3 rings (SSSR count). The maximum atomic E-state index is 13.9. The maximum Gasteiger partial charge on any atom is 0.242 e. The quantitative estimate of drug-likeness (QED) is 0.909. The maximum absolute atomic E-state index is 13.9. The van der Waals surface area contributed by atoms with E-state index in [-0.39, 0.29) is 23.2 Å². The number of hydrogen-bond donors (Lipinski definition) is 1. The molecule has 1 saturated heterocycles. The summed E-state index contributed by atoms with van der Waals surface area (Å²) in [4.78, 5) is 16.0. The average Bonchev–Trinajstić information content (AvgIpc) is 2.99. The highest BCUT2D eigenvalue weighted by Crippen LogP contribution is 2.31. The molecule has 2 heterocycles. The summed E-state index contributed by atoms with van der Waals surface area (Å²) in [6.07, 6.45) is 0.587. The van der Waals surface area contributed by atoms with Gasteiger partial charge in [0.15, 0.2) is 0 Å². The van der Waals surface area contributed by atoms with E-state index in [1.165, 1.54) is 6.07 Å². The molecule has 1 atom stereocenters. The molecule has 1 aromatic carbocycles. The number of hydrogen-bond acceptors (Lipinski definition) is 4. The third-order valence-corrected chi connectivity index (χ3v) is 3.68. The Morgan fingerprint density at radius 2 is 2.25 bits per heavy atom. The average molecular weight is 275 g/mol. The molecular formula is C14H14FN3O2. The normalized spacial score (nSPS) is 22.1. The molecule has 5 nitrogen and oxygen atoms in total. The molecule has 0 aliphatic carbocycles. The molecule has 1 aliphatic rings. The van der Waals surface area contributed by atoms with Gasteiger partial charge in [0, 0.05) is 6.54 Å². The molecule has 6 heteroatoms. The van der Waals surface area contributed by atoms with E-state index in [0.717, 1.165) is 5.56 Å². The van der Waals surface area contributed by atoms with Crippen LogP contribution in [-0.2, 0) is 10.2 Å². The monoisotopic (exact) mass is 275 g/mol. The fourth-order valence-electron chi connectivity index (χ4n) is 2.30. The summed E-state index contributed by atoms with van der Waals surface area (Å²) >= 11 is 0. The highest BCUT2D eigenvalue weighted by atomic mass is 19.1. The predicted octanol–water partition coefficient (Wildman–Crippen LogP) is 1.96. The number of rotatable bonds is 2. The fraction of sp³-hybridized carbons (Fsp3) is 0.357. The van der Waals surface area contributed by atoms with Crippen LogP contribution in [0, 0.1) is 12.7 Å². The summed E-state index contributed by atoms with van der Waals surface area (Å²) in [6.45, 7) is 4.13. The lowest BCUT2D eigenvalue weighted by Gasteiger charge is -2.13. The third-order valence-electron chi connectivity index (χ3n) is 3.68. The van der Waals surface area contributed by atoms with E-state index in [4.69, 9.17) is 4.52 Å². The van der Waals surface area contributed by atoms with Gasteiger partial charge >= 0.3 is 0 Å². The van der Waals surface area contributed by atoms with Gasteiger partial charge in [0.1, 0.15) is 11.2 Å². The highest BCUT2D eigenvalue weighted by Gasteiger charge is 2.44. The molecule has 20 heavy (non-hydrogen) atoms. The van der Waals surface area contributed by atoms with Crippen molar-refractivity contribution in [3.63, 3.8) is 0 Å². The lowest BCUT2D eigenvalue weighted by Crippen LogP contribution is -2.32. The van der Waals surface area contributed by atoms with Gasteiger partial charge in [0.05, 0.1) is 5.56 Å². The van der Waals surface area contributed by atoms with E-state index in [2.05, 4.69) is 15.5 Å². The number of amides is 1. The number of nitrogens with zero attached hydrogens (tertiary/aromatic N) is 2. The molecule has 1 amide bonds. The zero-order valence-electron chi connectivity index (χ0n) is 11.2. The number of halogens is 1. The van der Waals surface area contributed by atoms with Crippen LogP contribution in [0.2, 0.25) is 0 Å². The van der Waals surface area contributed by atoms with E-state index < -0.39 is 11.2 Å². The van der Waals surface area contributed by atoms with Crippen LogP contribution in [0.4, 0.5) is 4.39 Å². The van der Waals surface area contributed by atoms with Crippen molar-refractivity contribution in [2.45, 2.75) is 25.7 Å². The topological polar surface area (TPSA) is 68.0 Å². The van der Waals surface area contributed by atoms with E-state index in [0.29, 0.717) is 13.0 Å². The molecule has 1 aromatic heterocycles. The molecule has 1 fully saturated rings. The Balaban J connectivity index is 2.00.